The van der Waals surface area contributed by atoms with Crippen LogP contribution in [0.2, 0.25) is 0 Å². The van der Waals surface area contributed by atoms with E-state index in [0.29, 0.717) is 0 Å². The summed E-state index contributed by atoms with van der Waals surface area (Å²) in [6, 6.07) is 0. The highest BCUT2D eigenvalue weighted by Gasteiger charge is 2.18. The molecule has 0 heterocycles. The number of hydrogen-bond donors (Lipinski definition) is 0. The van der Waals surface area contributed by atoms with Crippen LogP contribution < -0.4 is 0 Å². The molecular weight excluding hydrogens is 196 g/mol. The molecule has 0 saturated carbocycles. The Labute approximate surface area is 89.0 Å². The fourth-order valence-electron chi connectivity index (χ4n) is 1.22. The van der Waals surface area contributed by atoms with Gasteiger partial charge in [-0.15, -0.1) is 0 Å². The van der Waals surface area contributed by atoms with E-state index < -0.39 is 5.92 Å². The summed E-state index contributed by atoms with van der Waals surface area (Å²) in [6.45, 7) is 4.27. The summed E-state index contributed by atoms with van der Waals surface area (Å²) in [4.78, 5) is 43.8. The monoisotopic (exact) mass is 212 g/mol. The van der Waals surface area contributed by atoms with Gasteiger partial charge in [-0.1, -0.05) is 6.92 Å². The first-order chi connectivity index (χ1) is 6.82. The van der Waals surface area contributed by atoms with Crippen LogP contribution in [0.3, 0.4) is 0 Å². The van der Waals surface area contributed by atoms with E-state index in [0.717, 1.165) is 0 Å². The topological polar surface area (TPSA) is 68.3 Å². The molecular formula is C11H16O4. The van der Waals surface area contributed by atoms with Crippen LogP contribution in [0, 0.1) is 5.92 Å². The third kappa shape index (κ3) is 6.71. The van der Waals surface area contributed by atoms with Crippen LogP contribution in [0.5, 0.6) is 0 Å². The van der Waals surface area contributed by atoms with E-state index in [2.05, 4.69) is 0 Å². The average Bonchev–Trinajstić information content (AvgIpc) is 2.00. The quantitative estimate of drug-likeness (QED) is 0.593. The van der Waals surface area contributed by atoms with Crippen molar-refractivity contribution >= 4 is 23.1 Å². The van der Waals surface area contributed by atoms with Gasteiger partial charge in [0.15, 0.2) is 0 Å². The lowest BCUT2D eigenvalue weighted by atomic mass is 9.95. The molecule has 0 N–H and O–H groups in total. The van der Waals surface area contributed by atoms with Crippen LogP contribution in [-0.2, 0) is 19.2 Å². The average molecular weight is 212 g/mol. The van der Waals surface area contributed by atoms with E-state index >= 15 is 0 Å². The van der Waals surface area contributed by atoms with Crippen LogP contribution in [0.4, 0.5) is 0 Å². The van der Waals surface area contributed by atoms with E-state index in [1.54, 1.807) is 6.92 Å². The molecule has 0 aromatic rings. The highest BCUT2D eigenvalue weighted by Crippen LogP contribution is 2.08. The normalized spacial score (nSPS) is 11.9. The minimum atomic E-state index is -0.472. The van der Waals surface area contributed by atoms with Gasteiger partial charge >= 0.3 is 0 Å². The highest BCUT2D eigenvalue weighted by atomic mass is 16.2. The second kappa shape index (κ2) is 6.22. The van der Waals surface area contributed by atoms with E-state index in [-0.39, 0.29) is 42.4 Å². The summed E-state index contributed by atoms with van der Waals surface area (Å²) < 4.78 is 0. The van der Waals surface area contributed by atoms with Crippen LogP contribution in [0.1, 0.15) is 40.0 Å². The Bertz CT molecular complexity index is 291. The van der Waals surface area contributed by atoms with Gasteiger partial charge in [0.05, 0.1) is 12.8 Å². The zero-order valence-corrected chi connectivity index (χ0v) is 9.33. The van der Waals surface area contributed by atoms with Crippen LogP contribution in [0.15, 0.2) is 0 Å². The molecule has 0 rings (SSSR count). The van der Waals surface area contributed by atoms with Crippen molar-refractivity contribution in [1.82, 2.24) is 0 Å². The molecule has 15 heavy (non-hydrogen) atoms. The van der Waals surface area contributed by atoms with Gasteiger partial charge in [0.2, 0.25) is 0 Å². The zero-order chi connectivity index (χ0) is 12.0. The van der Waals surface area contributed by atoms with E-state index in [1.807, 2.05) is 0 Å². The van der Waals surface area contributed by atoms with Gasteiger partial charge in [0.1, 0.15) is 23.1 Å². The minimum Gasteiger partial charge on any atom is -0.300 e. The molecule has 0 fully saturated rings. The summed E-state index contributed by atoms with van der Waals surface area (Å²) in [5.74, 6) is -1.36. The molecule has 0 aliphatic carbocycles. The summed E-state index contributed by atoms with van der Waals surface area (Å²) in [5.41, 5.74) is 0. The molecule has 84 valence electrons. The molecule has 4 heteroatoms. The van der Waals surface area contributed by atoms with Crippen molar-refractivity contribution < 1.29 is 19.2 Å². The van der Waals surface area contributed by atoms with Crippen LogP contribution in [-0.4, -0.2) is 23.1 Å². The maximum absolute atomic E-state index is 11.3. The molecule has 0 aromatic heterocycles. The van der Waals surface area contributed by atoms with Crippen LogP contribution in [0.25, 0.3) is 0 Å². The summed E-state index contributed by atoms with van der Waals surface area (Å²) in [7, 11) is 0. The molecule has 0 spiro atoms. The SMILES string of the molecule is CC(=O)CC(=O)CC(C)C(=O)CC(C)=O. The van der Waals surface area contributed by atoms with Crippen molar-refractivity contribution in [3.8, 4) is 0 Å². The predicted molar refractivity (Wildman–Crippen MR) is 54.4 cm³/mol. The van der Waals surface area contributed by atoms with Crippen LogP contribution >= 0.6 is 0 Å². The fraction of sp³-hybridized carbons (Fsp3) is 0.636. The molecule has 1 atom stereocenters. The first-order valence-electron chi connectivity index (χ1n) is 4.86. The Morgan fingerprint density at radius 2 is 1.40 bits per heavy atom. The molecule has 1 unspecified atom stereocenters. The molecule has 0 aromatic carbocycles. The van der Waals surface area contributed by atoms with Crippen molar-refractivity contribution in [3.05, 3.63) is 0 Å². The summed E-state index contributed by atoms with van der Waals surface area (Å²) >= 11 is 0. The third-order valence-electron chi connectivity index (χ3n) is 1.95. The van der Waals surface area contributed by atoms with Gasteiger partial charge < -0.3 is 0 Å². The zero-order valence-electron chi connectivity index (χ0n) is 9.33. The van der Waals surface area contributed by atoms with Gasteiger partial charge in [-0.3, -0.25) is 19.2 Å². The molecule has 0 aliphatic heterocycles. The Morgan fingerprint density at radius 1 is 0.933 bits per heavy atom. The lowest BCUT2D eigenvalue weighted by Crippen LogP contribution is -2.18. The predicted octanol–water partition coefficient (Wildman–Crippen LogP) is 1.11. The van der Waals surface area contributed by atoms with Crippen molar-refractivity contribution in [2.75, 3.05) is 0 Å². The molecule has 0 aliphatic rings. The minimum absolute atomic E-state index is 0.0473. The van der Waals surface area contributed by atoms with Gasteiger partial charge in [-0.05, 0) is 13.8 Å². The molecule has 0 bridgehead atoms. The number of carbonyl (C=O) groups is 4. The number of Topliss-reactive ketones (excluding diaryl/α,β-unsaturated/α-hetero) is 4. The Balaban J connectivity index is 4.07. The largest absolute Gasteiger partial charge is 0.300 e. The third-order valence-corrected chi connectivity index (χ3v) is 1.95. The standard InChI is InChI=1S/C11H16O4/c1-7(11(15)6-9(3)13)4-10(14)5-8(2)12/h7H,4-6H2,1-3H3. The maximum atomic E-state index is 11.3. The lowest BCUT2D eigenvalue weighted by molar-refractivity contribution is -0.132. The second-order valence-corrected chi connectivity index (χ2v) is 3.87. The molecule has 0 saturated heterocycles. The van der Waals surface area contributed by atoms with Gasteiger partial charge in [-0.25, -0.2) is 0 Å². The van der Waals surface area contributed by atoms with Crippen molar-refractivity contribution in [3.63, 3.8) is 0 Å². The summed E-state index contributed by atoms with van der Waals surface area (Å²) in [5, 5.41) is 0. The number of carbonyl (C=O) groups excluding carboxylic acids is 4. The number of hydrogen-bond acceptors (Lipinski definition) is 4. The summed E-state index contributed by atoms with van der Waals surface area (Å²) in [6.07, 6.45) is -0.210. The lowest BCUT2D eigenvalue weighted by Gasteiger charge is -2.07. The second-order valence-electron chi connectivity index (χ2n) is 3.87. The highest BCUT2D eigenvalue weighted by molar-refractivity contribution is 6.02. The fourth-order valence-corrected chi connectivity index (χ4v) is 1.22. The smallest absolute Gasteiger partial charge is 0.143 e. The van der Waals surface area contributed by atoms with E-state index in [1.165, 1.54) is 13.8 Å². The van der Waals surface area contributed by atoms with Crippen molar-refractivity contribution in [2.45, 2.75) is 40.0 Å². The molecule has 0 radical (unpaired) electrons. The Hall–Kier alpha value is -1.32. The molecule has 4 nitrogen and oxygen atoms in total. The Morgan fingerprint density at radius 3 is 1.80 bits per heavy atom. The first kappa shape index (κ1) is 13.7. The van der Waals surface area contributed by atoms with E-state index in [9.17, 15) is 19.2 Å². The van der Waals surface area contributed by atoms with Crippen molar-refractivity contribution in [2.24, 2.45) is 5.92 Å². The first-order valence-corrected chi connectivity index (χ1v) is 4.86. The number of rotatable bonds is 7. The van der Waals surface area contributed by atoms with Gasteiger partial charge in [-0.2, -0.15) is 0 Å². The Kier molecular flexibility index (Phi) is 5.67. The van der Waals surface area contributed by atoms with Gasteiger partial charge in [0, 0.05) is 12.3 Å². The van der Waals surface area contributed by atoms with Crippen molar-refractivity contribution in [1.29, 1.82) is 0 Å². The van der Waals surface area contributed by atoms with E-state index in [4.69, 9.17) is 0 Å². The van der Waals surface area contributed by atoms with Gasteiger partial charge in [0.25, 0.3) is 0 Å². The maximum Gasteiger partial charge on any atom is 0.143 e. The number of ketones is 4. The molecule has 0 amide bonds.